The molecule has 2 N–H and O–H groups in total. The molecule has 1 amide bonds. The van der Waals surface area contributed by atoms with Gasteiger partial charge in [0.15, 0.2) is 0 Å². The Hall–Kier alpha value is -3.79. The molecule has 0 radical (unpaired) electrons. The van der Waals surface area contributed by atoms with E-state index in [1.54, 1.807) is 35.0 Å². The number of nitrogen functional groups attached to an aromatic ring is 1. The van der Waals surface area contributed by atoms with Crippen molar-refractivity contribution < 1.29 is 18.3 Å². The van der Waals surface area contributed by atoms with Gasteiger partial charge in [-0.05, 0) is 49.6 Å². The van der Waals surface area contributed by atoms with E-state index in [2.05, 4.69) is 29.0 Å². The zero-order valence-electron chi connectivity index (χ0n) is 23.6. The van der Waals surface area contributed by atoms with Gasteiger partial charge in [0.2, 0.25) is 0 Å². The highest BCUT2D eigenvalue weighted by molar-refractivity contribution is 6.10. The summed E-state index contributed by atoms with van der Waals surface area (Å²) >= 11 is 0. The zero-order valence-corrected chi connectivity index (χ0v) is 23.6. The molecule has 5 heterocycles. The number of anilines is 1. The number of aryl methyl sites for hydroxylation is 1. The number of ether oxygens (including phenoxy) is 1. The third kappa shape index (κ3) is 4.22. The number of piperidine rings is 2. The van der Waals surface area contributed by atoms with Crippen LogP contribution in [0.2, 0.25) is 0 Å². The highest BCUT2D eigenvalue weighted by Gasteiger charge is 2.43. The fraction of sp³-hybridized carbons (Fsp3) is 0.452. The summed E-state index contributed by atoms with van der Waals surface area (Å²) in [4.78, 5) is 22.4. The SMILES string of the molecule is C[C@H]1CCC(c2cc(F)c3c(c2)OC2(CCN(C)CC2)C3)N(C(=O)c2cc3c(cc2F)nc(N)c2cnn(C)c23)C1. The summed E-state index contributed by atoms with van der Waals surface area (Å²) in [6.07, 6.45) is 5.42. The molecular formula is C31H34F2N6O2. The van der Waals surface area contributed by atoms with Crippen molar-refractivity contribution >= 4 is 33.5 Å². The first-order valence-electron chi connectivity index (χ1n) is 14.3. The second kappa shape index (κ2) is 9.37. The highest BCUT2D eigenvalue weighted by Crippen LogP contribution is 2.45. The number of carbonyl (C=O) groups is 1. The number of halogens is 2. The molecule has 41 heavy (non-hydrogen) atoms. The molecule has 2 aromatic carbocycles. The number of fused-ring (bicyclic) bond motifs is 4. The van der Waals surface area contributed by atoms with Crippen molar-refractivity contribution in [3.63, 3.8) is 0 Å². The van der Waals surface area contributed by atoms with E-state index < -0.39 is 17.8 Å². The lowest BCUT2D eigenvalue weighted by Crippen LogP contribution is -2.45. The molecule has 10 heteroatoms. The second-order valence-corrected chi connectivity index (χ2v) is 12.3. The maximum atomic E-state index is 15.6. The lowest BCUT2D eigenvalue weighted by Gasteiger charge is -2.39. The summed E-state index contributed by atoms with van der Waals surface area (Å²) in [5, 5.41) is 5.53. The van der Waals surface area contributed by atoms with Crippen LogP contribution in [0.15, 0.2) is 30.5 Å². The van der Waals surface area contributed by atoms with E-state index in [4.69, 9.17) is 10.5 Å². The fourth-order valence-corrected chi connectivity index (χ4v) is 7.00. The lowest BCUT2D eigenvalue weighted by atomic mass is 9.86. The van der Waals surface area contributed by atoms with Crippen molar-refractivity contribution in [1.29, 1.82) is 0 Å². The van der Waals surface area contributed by atoms with E-state index in [-0.39, 0.29) is 28.7 Å². The maximum absolute atomic E-state index is 15.6. The first-order valence-corrected chi connectivity index (χ1v) is 14.3. The normalized spacial score (nSPS) is 22.4. The number of rotatable bonds is 2. The molecule has 2 saturated heterocycles. The van der Waals surface area contributed by atoms with Gasteiger partial charge in [0.25, 0.3) is 5.91 Å². The zero-order chi connectivity index (χ0) is 28.6. The van der Waals surface area contributed by atoms with E-state index >= 15 is 8.78 Å². The Balaban J connectivity index is 1.26. The molecule has 2 fully saturated rings. The average molecular weight is 561 g/mol. The predicted molar refractivity (Wildman–Crippen MR) is 153 cm³/mol. The summed E-state index contributed by atoms with van der Waals surface area (Å²) in [6, 6.07) is 5.88. The molecule has 3 aliphatic heterocycles. The van der Waals surface area contributed by atoms with Crippen molar-refractivity contribution in [1.82, 2.24) is 24.6 Å². The van der Waals surface area contributed by atoms with Gasteiger partial charge in [0, 0.05) is 63.0 Å². The third-order valence-electron chi connectivity index (χ3n) is 9.39. The largest absolute Gasteiger partial charge is 0.486 e. The molecule has 0 bridgehead atoms. The van der Waals surface area contributed by atoms with Gasteiger partial charge in [-0.2, -0.15) is 5.10 Å². The van der Waals surface area contributed by atoms with Crippen LogP contribution in [0.25, 0.3) is 21.8 Å². The summed E-state index contributed by atoms with van der Waals surface area (Å²) in [7, 11) is 3.86. The summed E-state index contributed by atoms with van der Waals surface area (Å²) in [5.74, 6) is -0.329. The first kappa shape index (κ1) is 26.1. The molecule has 8 nitrogen and oxygen atoms in total. The van der Waals surface area contributed by atoms with Crippen molar-refractivity contribution in [2.45, 2.75) is 50.7 Å². The molecule has 1 spiro atoms. The number of benzene rings is 2. The number of hydrogen-bond acceptors (Lipinski definition) is 6. The Kier molecular flexibility index (Phi) is 5.97. The first-order chi connectivity index (χ1) is 19.6. The number of aromatic nitrogens is 3. The van der Waals surface area contributed by atoms with E-state index in [0.717, 1.165) is 32.4 Å². The standard InChI is InChI=1S/C31H34F2N6O2/c1-17-4-5-26(18-10-23(32)21-14-31(41-27(21)11-18)6-8-37(2)9-7-31)39(16-17)30(40)19-12-20-25(13-24(19)33)36-29(34)22-15-35-38(3)28(20)22/h10-13,15,17,26H,4-9,14,16H2,1-3H3,(H2,34,36)/t17-,26?/m0/s1. The van der Waals surface area contributed by atoms with Crippen LogP contribution in [0.3, 0.4) is 0 Å². The van der Waals surface area contributed by atoms with Crippen LogP contribution in [-0.4, -0.2) is 62.8 Å². The number of pyridine rings is 1. The highest BCUT2D eigenvalue weighted by atomic mass is 19.1. The van der Waals surface area contributed by atoms with Crippen molar-refractivity contribution in [3.05, 3.63) is 58.8 Å². The van der Waals surface area contributed by atoms with Crippen LogP contribution >= 0.6 is 0 Å². The monoisotopic (exact) mass is 560 g/mol. The molecule has 0 saturated carbocycles. The molecule has 4 aromatic rings. The summed E-state index contributed by atoms with van der Waals surface area (Å²) in [5.41, 5.74) is 8.03. The van der Waals surface area contributed by atoms with Crippen LogP contribution in [-0.2, 0) is 13.5 Å². The van der Waals surface area contributed by atoms with E-state index in [1.165, 1.54) is 6.07 Å². The Bertz CT molecular complexity index is 1710. The van der Waals surface area contributed by atoms with Gasteiger partial charge in [0.1, 0.15) is 28.8 Å². The van der Waals surface area contributed by atoms with E-state index in [1.807, 2.05) is 6.07 Å². The number of nitrogens with zero attached hydrogens (tertiary/aromatic N) is 5. The van der Waals surface area contributed by atoms with E-state index in [9.17, 15) is 4.79 Å². The van der Waals surface area contributed by atoms with Crippen molar-refractivity contribution in [2.75, 3.05) is 32.4 Å². The lowest BCUT2D eigenvalue weighted by molar-refractivity contribution is 0.0268. The Morgan fingerprint density at radius 2 is 1.85 bits per heavy atom. The number of likely N-dealkylation sites (tertiary alicyclic amines) is 2. The minimum atomic E-state index is -0.666. The minimum Gasteiger partial charge on any atom is -0.486 e. The topological polar surface area (TPSA) is 89.5 Å². The van der Waals surface area contributed by atoms with Crippen LogP contribution in [0.5, 0.6) is 5.75 Å². The maximum Gasteiger partial charge on any atom is 0.257 e. The van der Waals surface area contributed by atoms with Crippen molar-refractivity contribution in [2.24, 2.45) is 13.0 Å². The summed E-state index contributed by atoms with van der Waals surface area (Å²) < 4.78 is 39.3. The third-order valence-corrected chi connectivity index (χ3v) is 9.39. The van der Waals surface area contributed by atoms with Gasteiger partial charge in [-0.25, -0.2) is 13.8 Å². The molecule has 2 atom stereocenters. The van der Waals surface area contributed by atoms with Crippen LogP contribution in [0.4, 0.5) is 14.6 Å². The van der Waals surface area contributed by atoms with E-state index in [0.29, 0.717) is 58.1 Å². The molecule has 0 aliphatic carbocycles. The molecule has 7 rings (SSSR count). The second-order valence-electron chi connectivity index (χ2n) is 12.3. The average Bonchev–Trinajstić information content (AvgIpc) is 3.51. The molecule has 1 unspecified atom stereocenters. The summed E-state index contributed by atoms with van der Waals surface area (Å²) in [6.45, 7) is 4.35. The van der Waals surface area contributed by atoms with Gasteiger partial charge >= 0.3 is 0 Å². The quantitative estimate of drug-likeness (QED) is 0.372. The van der Waals surface area contributed by atoms with Gasteiger partial charge in [-0.1, -0.05) is 6.92 Å². The smallest absolute Gasteiger partial charge is 0.257 e. The Morgan fingerprint density at radius 3 is 2.63 bits per heavy atom. The number of hydrogen-bond donors (Lipinski definition) is 1. The Labute approximate surface area is 237 Å². The van der Waals surface area contributed by atoms with Crippen LogP contribution < -0.4 is 10.5 Å². The van der Waals surface area contributed by atoms with Gasteiger partial charge in [-0.3, -0.25) is 9.48 Å². The number of carbonyl (C=O) groups excluding carboxylic acids is 1. The minimum absolute atomic E-state index is 0.0474. The molecule has 2 aromatic heterocycles. The fourth-order valence-electron chi connectivity index (χ4n) is 7.00. The van der Waals surface area contributed by atoms with Crippen LogP contribution in [0, 0.1) is 17.6 Å². The van der Waals surface area contributed by atoms with Gasteiger partial charge in [-0.15, -0.1) is 0 Å². The Morgan fingerprint density at radius 1 is 1.07 bits per heavy atom. The molecule has 3 aliphatic rings. The molecule has 214 valence electrons. The predicted octanol–water partition coefficient (Wildman–Crippen LogP) is 4.99. The molecular weight excluding hydrogens is 526 g/mol. The number of nitrogens with two attached hydrogens (primary N) is 1. The van der Waals surface area contributed by atoms with Crippen LogP contribution in [0.1, 0.15) is 60.1 Å². The van der Waals surface area contributed by atoms with Crippen molar-refractivity contribution in [3.8, 4) is 5.75 Å². The van der Waals surface area contributed by atoms with Gasteiger partial charge < -0.3 is 20.3 Å². The number of amides is 1. The van der Waals surface area contributed by atoms with Gasteiger partial charge in [0.05, 0.1) is 34.2 Å².